The van der Waals surface area contributed by atoms with Crippen molar-refractivity contribution in [2.75, 3.05) is 0 Å². The predicted octanol–water partition coefficient (Wildman–Crippen LogP) is 1.37. The fraction of sp³-hybridized carbons (Fsp3) is 0.750. The second-order valence-corrected chi connectivity index (χ2v) is 4.93. The Bertz CT molecular complexity index is 315. The summed E-state index contributed by atoms with van der Waals surface area (Å²) in [5.41, 5.74) is 4.07. The van der Waals surface area contributed by atoms with Crippen molar-refractivity contribution in [2.24, 2.45) is 18.8 Å². The molecule has 2 rings (SSSR count). The highest BCUT2D eigenvalue weighted by Gasteiger charge is 2.20. The maximum absolute atomic E-state index is 5.62. The number of nitrogens with two attached hydrogens (primary N) is 1. The highest BCUT2D eigenvalue weighted by atomic mass is 15.3. The Hall–Kier alpha value is -0.870. The van der Waals surface area contributed by atoms with Crippen molar-refractivity contribution >= 4 is 0 Å². The largest absolute Gasteiger partial charge is 0.276 e. The van der Waals surface area contributed by atoms with E-state index in [0.29, 0.717) is 6.04 Å². The van der Waals surface area contributed by atoms with Crippen LogP contribution in [0.4, 0.5) is 0 Å². The molecule has 16 heavy (non-hydrogen) atoms. The lowest BCUT2D eigenvalue weighted by Gasteiger charge is -2.18. The first-order valence-corrected chi connectivity index (χ1v) is 6.22. The van der Waals surface area contributed by atoms with Crippen LogP contribution in [0.3, 0.4) is 0 Å². The third kappa shape index (κ3) is 3.06. The predicted molar refractivity (Wildman–Crippen MR) is 64.6 cm³/mol. The SMILES string of the molecule is Cn1ccc(CC(CC2CCCC2)NN)n1. The molecule has 1 aliphatic rings. The molecule has 4 heteroatoms. The molecule has 0 bridgehead atoms. The number of hydrazine groups is 1. The Morgan fingerprint density at radius 1 is 1.56 bits per heavy atom. The van der Waals surface area contributed by atoms with Gasteiger partial charge in [-0.1, -0.05) is 25.7 Å². The smallest absolute Gasteiger partial charge is 0.0640 e. The maximum Gasteiger partial charge on any atom is 0.0640 e. The van der Waals surface area contributed by atoms with E-state index in [2.05, 4.69) is 16.6 Å². The molecule has 0 aromatic carbocycles. The number of hydrogen-bond donors (Lipinski definition) is 2. The van der Waals surface area contributed by atoms with E-state index >= 15 is 0 Å². The van der Waals surface area contributed by atoms with Gasteiger partial charge in [-0.15, -0.1) is 0 Å². The highest BCUT2D eigenvalue weighted by Crippen LogP contribution is 2.28. The van der Waals surface area contributed by atoms with Crippen LogP contribution in [0.25, 0.3) is 0 Å². The van der Waals surface area contributed by atoms with Crippen molar-refractivity contribution in [1.29, 1.82) is 0 Å². The van der Waals surface area contributed by atoms with Crippen LogP contribution in [0.15, 0.2) is 12.3 Å². The number of hydrogen-bond acceptors (Lipinski definition) is 3. The van der Waals surface area contributed by atoms with Crippen molar-refractivity contribution in [3.63, 3.8) is 0 Å². The molecule has 3 N–H and O–H groups in total. The maximum atomic E-state index is 5.62. The second kappa shape index (κ2) is 5.46. The first kappa shape index (κ1) is 11.6. The third-order valence-corrected chi connectivity index (χ3v) is 3.55. The fourth-order valence-corrected chi connectivity index (χ4v) is 2.68. The molecule has 0 saturated heterocycles. The zero-order valence-electron chi connectivity index (χ0n) is 10.0. The summed E-state index contributed by atoms with van der Waals surface area (Å²) in [4.78, 5) is 0. The molecule has 1 heterocycles. The van der Waals surface area contributed by atoms with E-state index in [1.807, 2.05) is 17.9 Å². The Labute approximate surface area is 97.2 Å². The average Bonchev–Trinajstić information content (AvgIpc) is 2.89. The van der Waals surface area contributed by atoms with Crippen LogP contribution in [0.2, 0.25) is 0 Å². The number of rotatable bonds is 5. The van der Waals surface area contributed by atoms with Crippen LogP contribution in [0.1, 0.15) is 37.8 Å². The van der Waals surface area contributed by atoms with Gasteiger partial charge in [0.25, 0.3) is 0 Å². The van der Waals surface area contributed by atoms with Gasteiger partial charge < -0.3 is 0 Å². The summed E-state index contributed by atoms with van der Waals surface area (Å²) >= 11 is 0. The summed E-state index contributed by atoms with van der Waals surface area (Å²) in [5.74, 6) is 6.49. The van der Waals surface area contributed by atoms with E-state index in [9.17, 15) is 0 Å². The lowest BCUT2D eigenvalue weighted by Crippen LogP contribution is -2.38. The summed E-state index contributed by atoms with van der Waals surface area (Å²) in [6.07, 6.45) is 9.65. The molecule has 4 nitrogen and oxygen atoms in total. The van der Waals surface area contributed by atoms with E-state index in [4.69, 9.17) is 5.84 Å². The summed E-state index contributed by atoms with van der Waals surface area (Å²) in [6, 6.07) is 2.44. The highest BCUT2D eigenvalue weighted by molar-refractivity contribution is 5.01. The normalized spacial score (nSPS) is 19.1. The van der Waals surface area contributed by atoms with Crippen LogP contribution < -0.4 is 11.3 Å². The van der Waals surface area contributed by atoms with Gasteiger partial charge >= 0.3 is 0 Å². The van der Waals surface area contributed by atoms with Crippen LogP contribution in [0.5, 0.6) is 0 Å². The van der Waals surface area contributed by atoms with Crippen molar-refractivity contribution in [3.05, 3.63) is 18.0 Å². The molecule has 0 radical (unpaired) electrons. The van der Waals surface area contributed by atoms with Crippen LogP contribution in [-0.4, -0.2) is 15.8 Å². The minimum absolute atomic E-state index is 0.373. The van der Waals surface area contributed by atoms with Gasteiger partial charge in [0.15, 0.2) is 0 Å². The summed E-state index contributed by atoms with van der Waals surface area (Å²) in [7, 11) is 1.95. The van der Waals surface area contributed by atoms with E-state index in [0.717, 1.165) is 18.0 Å². The molecule has 1 aromatic heterocycles. The Morgan fingerprint density at radius 3 is 2.88 bits per heavy atom. The zero-order valence-corrected chi connectivity index (χ0v) is 10.0. The third-order valence-electron chi connectivity index (χ3n) is 3.55. The van der Waals surface area contributed by atoms with Gasteiger partial charge in [0, 0.05) is 25.7 Å². The quantitative estimate of drug-likeness (QED) is 0.584. The zero-order chi connectivity index (χ0) is 11.4. The van der Waals surface area contributed by atoms with Crippen molar-refractivity contribution < 1.29 is 0 Å². The Morgan fingerprint density at radius 2 is 2.31 bits per heavy atom. The topological polar surface area (TPSA) is 55.9 Å². The monoisotopic (exact) mass is 222 g/mol. The van der Waals surface area contributed by atoms with Gasteiger partial charge in [0.1, 0.15) is 0 Å². The summed E-state index contributed by atoms with van der Waals surface area (Å²) < 4.78 is 1.85. The van der Waals surface area contributed by atoms with Crippen molar-refractivity contribution in [2.45, 2.75) is 44.6 Å². The van der Waals surface area contributed by atoms with Crippen LogP contribution in [0, 0.1) is 5.92 Å². The average molecular weight is 222 g/mol. The summed E-state index contributed by atoms with van der Waals surface area (Å²) in [6.45, 7) is 0. The van der Waals surface area contributed by atoms with Gasteiger partial charge in [0.05, 0.1) is 5.69 Å². The molecule has 1 saturated carbocycles. The minimum Gasteiger partial charge on any atom is -0.276 e. The van der Waals surface area contributed by atoms with Gasteiger partial charge in [-0.2, -0.15) is 5.10 Å². The number of nitrogens with zero attached hydrogens (tertiary/aromatic N) is 2. The lowest BCUT2D eigenvalue weighted by molar-refractivity contribution is 0.387. The van der Waals surface area contributed by atoms with Crippen LogP contribution >= 0.6 is 0 Å². The lowest BCUT2D eigenvalue weighted by atomic mass is 9.96. The van der Waals surface area contributed by atoms with Crippen molar-refractivity contribution in [1.82, 2.24) is 15.2 Å². The number of aryl methyl sites for hydroxylation is 1. The molecule has 1 aromatic rings. The molecule has 90 valence electrons. The number of aromatic nitrogens is 2. The van der Waals surface area contributed by atoms with Gasteiger partial charge in [0.2, 0.25) is 0 Å². The van der Waals surface area contributed by atoms with Gasteiger partial charge in [-0.05, 0) is 18.4 Å². The fourth-order valence-electron chi connectivity index (χ4n) is 2.68. The molecule has 0 spiro atoms. The standard InChI is InChI=1S/C12H22N4/c1-16-7-6-11(15-16)9-12(14-13)8-10-4-2-3-5-10/h6-7,10,12,14H,2-5,8-9,13H2,1H3. The molecule has 1 aliphatic carbocycles. The Balaban J connectivity index is 1.84. The number of nitrogens with one attached hydrogen (secondary N) is 1. The molecule has 0 amide bonds. The molecular weight excluding hydrogens is 200 g/mol. The summed E-state index contributed by atoms with van der Waals surface area (Å²) in [5, 5.41) is 4.39. The van der Waals surface area contributed by atoms with Crippen molar-refractivity contribution in [3.8, 4) is 0 Å². The molecule has 0 aliphatic heterocycles. The molecular formula is C12H22N4. The Kier molecular flexibility index (Phi) is 3.96. The first-order valence-electron chi connectivity index (χ1n) is 6.22. The van der Waals surface area contributed by atoms with E-state index in [-0.39, 0.29) is 0 Å². The first-order chi connectivity index (χ1) is 7.78. The van der Waals surface area contributed by atoms with E-state index in [1.165, 1.54) is 32.1 Å². The second-order valence-electron chi connectivity index (χ2n) is 4.93. The van der Waals surface area contributed by atoms with Gasteiger partial charge in [-0.3, -0.25) is 16.0 Å². The van der Waals surface area contributed by atoms with E-state index in [1.54, 1.807) is 0 Å². The van der Waals surface area contributed by atoms with E-state index < -0.39 is 0 Å². The molecule has 1 fully saturated rings. The van der Waals surface area contributed by atoms with Gasteiger partial charge in [-0.25, -0.2) is 0 Å². The molecule has 1 unspecified atom stereocenters. The minimum atomic E-state index is 0.373. The molecule has 1 atom stereocenters. The van der Waals surface area contributed by atoms with Crippen LogP contribution in [-0.2, 0) is 13.5 Å².